The number of aliphatic hydroxyl groups excluding tert-OH is 4. The number of ether oxygens (including phenoxy) is 5. The Hall–Kier alpha value is -11.8. The van der Waals surface area contributed by atoms with Crippen LogP contribution in [0.15, 0.2) is 225 Å². The molecule has 10 aromatic carbocycles. The molecule has 18 rings (SSSR count). The Morgan fingerprint density at radius 1 is 0.438 bits per heavy atom. The Morgan fingerprint density at radius 3 is 1.26 bits per heavy atom. The van der Waals surface area contributed by atoms with E-state index in [-0.39, 0.29) is 82.9 Å². The topological polar surface area (TPSA) is 290 Å². The van der Waals surface area contributed by atoms with Crippen molar-refractivity contribution >= 4 is 114 Å². The lowest BCUT2D eigenvalue weighted by Gasteiger charge is -2.28. The van der Waals surface area contributed by atoms with Crippen LogP contribution in [0.4, 0.5) is 17.1 Å². The van der Waals surface area contributed by atoms with E-state index in [1.807, 2.05) is 137 Å². The van der Waals surface area contributed by atoms with E-state index in [1.165, 1.54) is 37.8 Å². The van der Waals surface area contributed by atoms with E-state index in [0.29, 0.717) is 110 Å². The number of pyridine rings is 1. The lowest BCUT2D eigenvalue weighted by Crippen LogP contribution is -2.36. The fourth-order valence-electron chi connectivity index (χ4n) is 18.3. The molecule has 0 bridgehead atoms. The molecule has 3 unspecified atom stereocenters. The second-order valence-electron chi connectivity index (χ2n) is 35.0. The summed E-state index contributed by atoms with van der Waals surface area (Å²) in [6.07, 6.45) is 10.2. The molecule has 1 saturated carbocycles. The van der Waals surface area contributed by atoms with Crippen molar-refractivity contribution in [2.45, 2.75) is 137 Å². The Morgan fingerprint density at radius 2 is 0.847 bits per heavy atom. The van der Waals surface area contributed by atoms with Gasteiger partial charge in [0.2, 0.25) is 13.6 Å². The fourth-order valence-corrected chi connectivity index (χ4v) is 18.9. The van der Waals surface area contributed by atoms with Gasteiger partial charge in [0.05, 0.1) is 92.8 Å². The second-order valence-corrected chi connectivity index (χ2v) is 36.6. The first kappa shape index (κ1) is 99.7. The van der Waals surface area contributed by atoms with Crippen molar-refractivity contribution in [2.75, 3.05) is 114 Å². The van der Waals surface area contributed by atoms with Crippen LogP contribution in [0.1, 0.15) is 142 Å². The molecule has 7 heterocycles. The van der Waals surface area contributed by atoms with Gasteiger partial charge in [0, 0.05) is 161 Å². The monoisotopic (exact) mass is 1930 g/mol. The largest absolute Gasteiger partial charge is 0.454 e. The number of aromatic nitrogens is 7. The van der Waals surface area contributed by atoms with Crippen molar-refractivity contribution in [1.29, 1.82) is 0 Å². The predicted molar refractivity (Wildman–Crippen MR) is 545 cm³/mol. The van der Waals surface area contributed by atoms with Gasteiger partial charge in [-0.3, -0.25) is 19.4 Å². The Labute approximate surface area is 819 Å². The van der Waals surface area contributed by atoms with Crippen LogP contribution < -0.4 is 49.6 Å². The number of aryl methyl sites for hydroxylation is 2. The van der Waals surface area contributed by atoms with Crippen LogP contribution in [0.25, 0.3) is 67.3 Å². The average molecular weight is 1930 g/mol. The summed E-state index contributed by atoms with van der Waals surface area (Å²) >= 11 is 24.7. The summed E-state index contributed by atoms with van der Waals surface area (Å²) in [5, 5.41) is 50.8. The number of nitrogens with zero attached hydrogens (tertiary/aromatic N) is 10. The molecule has 14 aromatic rings. The zero-order valence-electron chi connectivity index (χ0n) is 76.7. The van der Waals surface area contributed by atoms with Gasteiger partial charge in [-0.1, -0.05) is 122 Å². The molecule has 716 valence electrons. The number of imidazole rings is 3. The molecular formula is C108H119Cl4N13O12. The van der Waals surface area contributed by atoms with E-state index in [0.717, 1.165) is 180 Å². The maximum absolute atomic E-state index is 12.3. The highest BCUT2D eigenvalue weighted by Gasteiger charge is 2.27. The molecule has 1 saturated heterocycles. The van der Waals surface area contributed by atoms with Gasteiger partial charge in [0.1, 0.15) is 34.8 Å². The number of carbonyl (C=O) groups is 3. The predicted octanol–water partition coefficient (Wildman–Crippen LogP) is 19.8. The van der Waals surface area contributed by atoms with Gasteiger partial charge in [0.15, 0.2) is 23.0 Å². The zero-order chi connectivity index (χ0) is 94.6. The average Bonchev–Trinajstić information content (AvgIpc) is 1.72. The van der Waals surface area contributed by atoms with Crippen LogP contribution in [-0.2, 0) is 58.3 Å². The van der Waals surface area contributed by atoms with Gasteiger partial charge in [0.25, 0.3) is 0 Å². The summed E-state index contributed by atoms with van der Waals surface area (Å²) in [5.41, 5.74) is 19.6. The first-order valence-electron chi connectivity index (χ1n) is 46.6. The number of hydrogen-bond donors (Lipinski definition) is 7. The first-order chi connectivity index (χ1) is 66.3. The number of aliphatic hydroxyl groups is 4. The molecule has 0 spiro atoms. The van der Waals surface area contributed by atoms with E-state index in [9.17, 15) is 34.8 Å². The number of benzene rings is 10. The first-order valence-corrected chi connectivity index (χ1v) is 48.1. The number of nitrogens with one attached hydrogen (secondary N) is 3. The minimum absolute atomic E-state index is 0. The van der Waals surface area contributed by atoms with Crippen molar-refractivity contribution in [3.63, 3.8) is 0 Å². The summed E-state index contributed by atoms with van der Waals surface area (Å²) in [6.45, 7) is 14.2. The van der Waals surface area contributed by atoms with Crippen LogP contribution in [0.5, 0.6) is 23.0 Å². The number of hydrogen-bond acceptors (Lipinski definition) is 22. The number of ketones is 3. The lowest BCUT2D eigenvalue weighted by molar-refractivity contribution is -0.118. The van der Waals surface area contributed by atoms with Gasteiger partial charge >= 0.3 is 0 Å². The van der Waals surface area contributed by atoms with E-state index >= 15 is 0 Å². The molecule has 7 N–H and O–H groups in total. The van der Waals surface area contributed by atoms with E-state index in [4.69, 9.17) is 85.0 Å². The van der Waals surface area contributed by atoms with Crippen molar-refractivity contribution in [2.24, 2.45) is 5.92 Å². The number of Topliss-reactive ketones (excluding diaryl/α,β-unsaturated/α-hetero) is 3. The van der Waals surface area contributed by atoms with Gasteiger partial charge in [-0.2, -0.15) is 0 Å². The standard InChI is InChI=1S/C36H36Cl2N4O5.C36H42N4O4.C35H37Cl2N5O3.CH4/c1-23(45)16-31(39-20-24-2-9-29(37)30(38)17-24)27-6-10-33-32(19-27)40-36(26-4-7-28(8-5-26)41(12-14-43)13-15-44)42(33)21-25-3-11-34-35(18-25)47-22-46-34;1-25(41)19-31(37-22-26-5-3-2-4-6-26)29-10-13-33-32(21-29)38-36(28-8-11-30(12-9-28)39-15-17-42-18-16-39)40(33)23-27-7-14-34-35(20-27)44-24-43-34;1-24(45)20-32(39-23-25-5-11-30(36)31(37)21-25)27-8-12-34-33(22-27)40-35(42(34)15-13-28-4-2-3-14-38-28)26-6-9-29(10-7-26)41(16-18-43)17-19-44;/h2-11,17-19,31,39,43-44H,12-16,20-22H2,1H3;7-14,20-21,26,31,37H,2-6,15-19,22-24H2,1H3;2-12,14,21-22,32,39,43-44H,13,15-20,23H2,1H3;1H4. The molecule has 4 aliphatic rings. The molecule has 2 fully saturated rings. The summed E-state index contributed by atoms with van der Waals surface area (Å²) < 4.78 is 34.6. The number of rotatable bonds is 39. The maximum Gasteiger partial charge on any atom is 0.231 e. The van der Waals surface area contributed by atoms with Crippen LogP contribution in [0, 0.1) is 5.92 Å². The van der Waals surface area contributed by atoms with Gasteiger partial charge in [-0.05, 0) is 255 Å². The number of carbonyl (C=O) groups excluding carboxylic acids is 3. The number of anilines is 3. The molecule has 3 atom stereocenters. The third-order valence-corrected chi connectivity index (χ3v) is 26.8. The molecule has 4 aromatic heterocycles. The fraction of sp³-hybridized carbons (Fsp3) is 0.343. The molecule has 0 radical (unpaired) electrons. The van der Waals surface area contributed by atoms with Gasteiger partial charge in [-0.15, -0.1) is 0 Å². The van der Waals surface area contributed by atoms with E-state index < -0.39 is 0 Å². The molecule has 0 amide bonds. The smallest absolute Gasteiger partial charge is 0.231 e. The van der Waals surface area contributed by atoms with Crippen LogP contribution in [0.3, 0.4) is 0 Å². The molecule has 137 heavy (non-hydrogen) atoms. The maximum atomic E-state index is 12.3. The second kappa shape index (κ2) is 48.0. The van der Waals surface area contributed by atoms with Gasteiger partial charge < -0.3 is 88.5 Å². The lowest BCUT2D eigenvalue weighted by atomic mass is 9.89. The highest BCUT2D eigenvalue weighted by Crippen LogP contribution is 2.40. The van der Waals surface area contributed by atoms with Gasteiger partial charge in [-0.25, -0.2) is 15.0 Å². The van der Waals surface area contributed by atoms with Crippen LogP contribution in [0.2, 0.25) is 20.1 Å². The molecule has 3 aliphatic heterocycles. The molecule has 25 nitrogen and oxygen atoms in total. The molecular weight excluding hydrogens is 1810 g/mol. The van der Waals surface area contributed by atoms with Crippen molar-refractivity contribution in [1.82, 2.24) is 49.6 Å². The van der Waals surface area contributed by atoms with Crippen LogP contribution >= 0.6 is 46.4 Å². The Bertz CT molecular complexity index is 6420. The van der Waals surface area contributed by atoms with Crippen molar-refractivity contribution in [3.8, 4) is 57.2 Å². The minimum Gasteiger partial charge on any atom is -0.454 e. The summed E-state index contributed by atoms with van der Waals surface area (Å²) in [7, 11) is 0. The Kier molecular flexibility index (Phi) is 34.9. The number of morpholine rings is 1. The number of halogens is 4. The third kappa shape index (κ3) is 25.6. The van der Waals surface area contributed by atoms with Crippen LogP contribution in [-0.4, -0.2) is 170 Å². The highest BCUT2D eigenvalue weighted by atomic mass is 35.5. The quantitative estimate of drug-likeness (QED) is 0.0188. The normalized spacial score (nSPS) is 14.1. The summed E-state index contributed by atoms with van der Waals surface area (Å²) in [6, 6.07) is 72.2. The van der Waals surface area contributed by atoms with E-state index in [1.54, 1.807) is 39.1 Å². The van der Waals surface area contributed by atoms with Crippen molar-refractivity contribution in [3.05, 3.63) is 289 Å². The highest BCUT2D eigenvalue weighted by molar-refractivity contribution is 6.42. The SMILES string of the molecule is C.CC(=O)CC(NCC1CCCCC1)c1ccc2c(c1)nc(-c1ccc(N3CCOCC3)cc1)n2Cc1ccc2c(c1)OCO2.CC(=O)CC(NCc1ccc(Cl)c(Cl)c1)c1ccc2c(c1)nc(-c1ccc(N(CCO)CCO)cc1)n2CCc1ccccn1.CC(=O)CC(NCc1ccc(Cl)c(Cl)c1)c1ccc2c(c1)nc(-c1ccc(N(CCO)CCO)cc1)n2Cc1ccc2c(c1)OCO2. The zero-order valence-corrected chi connectivity index (χ0v) is 79.7. The minimum atomic E-state index is -0.239. The molecule has 1 aliphatic carbocycles. The Balaban J connectivity index is 0.000000156. The summed E-state index contributed by atoms with van der Waals surface area (Å²) in [5.74, 6) is 6.57. The number of fused-ring (bicyclic) bond motifs is 5. The van der Waals surface area contributed by atoms with Crippen molar-refractivity contribution < 1.29 is 58.5 Å². The van der Waals surface area contributed by atoms with E-state index in [2.05, 4.69) is 118 Å². The molecule has 29 heteroatoms. The third-order valence-electron chi connectivity index (χ3n) is 25.3. The summed E-state index contributed by atoms with van der Waals surface area (Å²) in [4.78, 5) is 63.2.